The number of rotatable bonds is 4. The summed E-state index contributed by atoms with van der Waals surface area (Å²) in [5.74, 6) is 0.458. The highest BCUT2D eigenvalue weighted by Gasteiger charge is 2.23. The van der Waals surface area contributed by atoms with Crippen molar-refractivity contribution in [2.24, 2.45) is 5.92 Å². The molecule has 0 aromatic heterocycles. The molecule has 98 valence electrons. The summed E-state index contributed by atoms with van der Waals surface area (Å²) in [5, 5.41) is 4.68. The fourth-order valence-electron chi connectivity index (χ4n) is 2.24. The molecule has 0 spiro atoms. The van der Waals surface area contributed by atoms with Gasteiger partial charge in [0, 0.05) is 13.6 Å². The second-order valence-electron chi connectivity index (χ2n) is 4.83. The number of urea groups is 1. The second kappa shape index (κ2) is 6.59. The summed E-state index contributed by atoms with van der Waals surface area (Å²) in [6, 6.07) is -0.719. The zero-order chi connectivity index (χ0) is 12.8. The minimum atomic E-state index is -0.448. The van der Waals surface area contributed by atoms with Gasteiger partial charge in [0.2, 0.25) is 5.91 Å². The molecule has 1 atom stereocenters. The van der Waals surface area contributed by atoms with Crippen LogP contribution < -0.4 is 10.6 Å². The van der Waals surface area contributed by atoms with Crippen LogP contribution >= 0.6 is 0 Å². The molecule has 0 saturated heterocycles. The Morgan fingerprint density at radius 2 is 1.94 bits per heavy atom. The van der Waals surface area contributed by atoms with Gasteiger partial charge in [-0.25, -0.2) is 4.79 Å². The van der Waals surface area contributed by atoms with Gasteiger partial charge in [-0.3, -0.25) is 15.0 Å². The fraction of sp³-hybridized carbons (Fsp3) is 0.833. The van der Waals surface area contributed by atoms with Crippen LogP contribution in [0.15, 0.2) is 0 Å². The minimum absolute atomic E-state index is 0.246. The van der Waals surface area contributed by atoms with Crippen LogP contribution in [0.25, 0.3) is 0 Å². The Balaban J connectivity index is 2.36. The average molecular weight is 241 g/mol. The van der Waals surface area contributed by atoms with Gasteiger partial charge in [0.05, 0.1) is 6.04 Å². The summed E-state index contributed by atoms with van der Waals surface area (Å²) in [6.45, 7) is 2.76. The minimum Gasteiger partial charge on any atom is -0.341 e. The smallest absolute Gasteiger partial charge is 0.321 e. The van der Waals surface area contributed by atoms with Crippen LogP contribution in [0.5, 0.6) is 0 Å². The SMILES string of the molecule is CNC(=O)NC(=O)C(C)N(C)CC1CCCC1. The summed E-state index contributed by atoms with van der Waals surface area (Å²) in [4.78, 5) is 24.8. The van der Waals surface area contributed by atoms with Crippen molar-refractivity contribution in [3.63, 3.8) is 0 Å². The van der Waals surface area contributed by atoms with E-state index in [1.807, 2.05) is 18.9 Å². The van der Waals surface area contributed by atoms with Crippen LogP contribution in [-0.2, 0) is 4.79 Å². The number of nitrogens with zero attached hydrogens (tertiary/aromatic N) is 1. The van der Waals surface area contributed by atoms with Crippen LogP contribution in [0, 0.1) is 5.92 Å². The fourth-order valence-corrected chi connectivity index (χ4v) is 2.24. The maximum Gasteiger partial charge on any atom is 0.321 e. The van der Waals surface area contributed by atoms with E-state index < -0.39 is 6.03 Å². The van der Waals surface area contributed by atoms with Gasteiger partial charge >= 0.3 is 6.03 Å². The van der Waals surface area contributed by atoms with Gasteiger partial charge in [-0.15, -0.1) is 0 Å². The number of hydrogen-bond acceptors (Lipinski definition) is 3. The molecular formula is C12H23N3O2. The number of likely N-dealkylation sites (N-methyl/N-ethyl adjacent to an activating group) is 1. The molecule has 1 unspecified atom stereocenters. The third kappa shape index (κ3) is 4.34. The Morgan fingerprint density at radius 3 is 2.47 bits per heavy atom. The first-order valence-corrected chi connectivity index (χ1v) is 6.27. The molecule has 0 aromatic carbocycles. The third-order valence-corrected chi connectivity index (χ3v) is 3.53. The number of imide groups is 1. The van der Waals surface area contributed by atoms with Gasteiger partial charge < -0.3 is 5.32 Å². The van der Waals surface area contributed by atoms with Crippen LogP contribution in [0.4, 0.5) is 4.79 Å². The van der Waals surface area contributed by atoms with Crippen LogP contribution in [0.1, 0.15) is 32.6 Å². The Kier molecular flexibility index (Phi) is 5.41. The number of hydrogen-bond donors (Lipinski definition) is 2. The Morgan fingerprint density at radius 1 is 1.35 bits per heavy atom. The molecule has 5 nitrogen and oxygen atoms in total. The van der Waals surface area contributed by atoms with E-state index in [1.54, 1.807) is 0 Å². The van der Waals surface area contributed by atoms with Gasteiger partial charge in [-0.1, -0.05) is 12.8 Å². The molecule has 1 aliphatic rings. The van der Waals surface area contributed by atoms with Crippen LogP contribution in [0.2, 0.25) is 0 Å². The lowest BCUT2D eigenvalue weighted by atomic mass is 10.1. The highest BCUT2D eigenvalue weighted by Crippen LogP contribution is 2.25. The maximum absolute atomic E-state index is 11.7. The molecule has 1 fully saturated rings. The Labute approximate surface area is 103 Å². The molecule has 5 heteroatoms. The normalized spacial score (nSPS) is 18.1. The highest BCUT2D eigenvalue weighted by atomic mass is 16.2. The van der Waals surface area contributed by atoms with Crippen LogP contribution in [0.3, 0.4) is 0 Å². The van der Waals surface area contributed by atoms with E-state index in [0.717, 1.165) is 6.54 Å². The lowest BCUT2D eigenvalue weighted by Gasteiger charge is -2.26. The van der Waals surface area contributed by atoms with Crippen molar-refractivity contribution in [2.75, 3.05) is 20.6 Å². The average Bonchev–Trinajstić information content (AvgIpc) is 2.80. The van der Waals surface area contributed by atoms with Crippen molar-refractivity contribution in [2.45, 2.75) is 38.6 Å². The van der Waals surface area contributed by atoms with Gasteiger partial charge in [0.25, 0.3) is 0 Å². The summed E-state index contributed by atoms with van der Waals surface area (Å²) in [6.07, 6.45) is 5.12. The summed E-state index contributed by atoms with van der Waals surface area (Å²) in [5.41, 5.74) is 0. The molecule has 1 aliphatic carbocycles. The van der Waals surface area contributed by atoms with Gasteiger partial charge in [-0.2, -0.15) is 0 Å². The molecule has 17 heavy (non-hydrogen) atoms. The van der Waals surface area contributed by atoms with E-state index in [2.05, 4.69) is 10.6 Å². The lowest BCUT2D eigenvalue weighted by Crippen LogP contribution is -2.48. The monoisotopic (exact) mass is 241 g/mol. The molecule has 1 rings (SSSR count). The summed E-state index contributed by atoms with van der Waals surface area (Å²) >= 11 is 0. The predicted molar refractivity (Wildman–Crippen MR) is 66.6 cm³/mol. The number of nitrogens with one attached hydrogen (secondary N) is 2. The van der Waals surface area contributed by atoms with E-state index >= 15 is 0 Å². The largest absolute Gasteiger partial charge is 0.341 e. The molecule has 0 bridgehead atoms. The van der Waals surface area contributed by atoms with E-state index in [1.165, 1.54) is 32.7 Å². The maximum atomic E-state index is 11.7. The van der Waals surface area contributed by atoms with Gasteiger partial charge in [0.1, 0.15) is 0 Å². The second-order valence-corrected chi connectivity index (χ2v) is 4.83. The Hall–Kier alpha value is -1.10. The number of carbonyl (C=O) groups is 2. The van der Waals surface area contributed by atoms with Crippen LogP contribution in [-0.4, -0.2) is 43.5 Å². The highest BCUT2D eigenvalue weighted by molar-refractivity contribution is 5.96. The molecule has 0 radical (unpaired) electrons. The summed E-state index contributed by atoms with van der Waals surface area (Å²) < 4.78 is 0. The van der Waals surface area contributed by atoms with Crippen molar-refractivity contribution < 1.29 is 9.59 Å². The topological polar surface area (TPSA) is 61.4 Å². The van der Waals surface area contributed by atoms with Crippen molar-refractivity contribution in [1.82, 2.24) is 15.5 Å². The first-order valence-electron chi connectivity index (χ1n) is 6.27. The van der Waals surface area contributed by atoms with Crippen molar-refractivity contribution in [3.8, 4) is 0 Å². The molecule has 2 N–H and O–H groups in total. The first kappa shape index (κ1) is 14.0. The lowest BCUT2D eigenvalue weighted by molar-refractivity contribution is -0.124. The molecule has 0 aliphatic heterocycles. The van der Waals surface area contributed by atoms with Crippen molar-refractivity contribution >= 4 is 11.9 Å². The third-order valence-electron chi connectivity index (χ3n) is 3.53. The molecule has 0 heterocycles. The standard InChI is InChI=1S/C12H23N3O2/c1-9(11(16)14-12(17)13-2)15(3)8-10-6-4-5-7-10/h9-10H,4-8H2,1-3H3,(H2,13,14,16,17). The number of carbonyl (C=O) groups excluding carboxylic acids is 2. The van der Waals surface area contributed by atoms with E-state index in [0.29, 0.717) is 5.92 Å². The van der Waals surface area contributed by atoms with Crippen molar-refractivity contribution in [3.05, 3.63) is 0 Å². The first-order chi connectivity index (χ1) is 8.04. The zero-order valence-electron chi connectivity index (χ0n) is 11.0. The van der Waals surface area contributed by atoms with E-state index in [9.17, 15) is 9.59 Å². The molecule has 1 saturated carbocycles. The van der Waals surface area contributed by atoms with E-state index in [-0.39, 0.29) is 11.9 Å². The Bertz CT molecular complexity index is 275. The van der Waals surface area contributed by atoms with Gasteiger partial charge in [-0.05, 0) is 32.7 Å². The predicted octanol–water partition coefficient (Wildman–Crippen LogP) is 0.952. The molecular weight excluding hydrogens is 218 g/mol. The quantitative estimate of drug-likeness (QED) is 0.770. The molecule has 3 amide bonds. The van der Waals surface area contributed by atoms with Crippen molar-refractivity contribution in [1.29, 1.82) is 0 Å². The molecule has 0 aromatic rings. The van der Waals surface area contributed by atoms with E-state index in [4.69, 9.17) is 0 Å². The number of amides is 3. The zero-order valence-corrected chi connectivity index (χ0v) is 11.0. The van der Waals surface area contributed by atoms with Gasteiger partial charge in [0.15, 0.2) is 0 Å². The summed E-state index contributed by atoms with van der Waals surface area (Å²) in [7, 11) is 3.43.